The molecule has 1 aliphatic heterocycles. The van der Waals surface area contributed by atoms with E-state index in [0.29, 0.717) is 0 Å². The van der Waals surface area contributed by atoms with Crippen molar-refractivity contribution in [3.63, 3.8) is 0 Å². The number of nitrogens with one attached hydrogen (secondary N) is 2. The standard InChI is InChI=1S/C19H26N4O/c1-13-4-5-18(15(3)23-13)14(2)22-10-16-6-8-21-12-19(16)24-17-7-9-20-11-17/h4-6,8,12,14,17,20,22H,7,9-11H2,1-3H3/t14?,17-/m0/s1. The first-order chi connectivity index (χ1) is 11.6. The minimum Gasteiger partial charge on any atom is -0.487 e. The summed E-state index contributed by atoms with van der Waals surface area (Å²) in [7, 11) is 0. The van der Waals surface area contributed by atoms with Crippen molar-refractivity contribution in [3.05, 3.63) is 53.1 Å². The Kier molecular flexibility index (Phi) is 5.43. The molecule has 3 rings (SSSR count). The van der Waals surface area contributed by atoms with Gasteiger partial charge >= 0.3 is 0 Å². The van der Waals surface area contributed by atoms with E-state index in [0.717, 1.165) is 48.8 Å². The molecule has 24 heavy (non-hydrogen) atoms. The number of hydrogen-bond donors (Lipinski definition) is 2. The Bertz CT molecular complexity index is 683. The predicted octanol–water partition coefficient (Wildman–Crippen LogP) is 2.68. The lowest BCUT2D eigenvalue weighted by atomic mass is 10.1. The third-order valence-corrected chi connectivity index (χ3v) is 4.51. The highest BCUT2D eigenvalue weighted by molar-refractivity contribution is 5.31. The summed E-state index contributed by atoms with van der Waals surface area (Å²) in [5.74, 6) is 0.879. The molecule has 2 aromatic rings. The zero-order valence-electron chi connectivity index (χ0n) is 14.7. The average Bonchev–Trinajstić information content (AvgIpc) is 3.07. The molecule has 1 unspecified atom stereocenters. The van der Waals surface area contributed by atoms with Gasteiger partial charge in [-0.15, -0.1) is 0 Å². The molecule has 3 heterocycles. The second kappa shape index (κ2) is 7.73. The largest absolute Gasteiger partial charge is 0.487 e. The van der Waals surface area contributed by atoms with Crippen molar-refractivity contribution in [2.24, 2.45) is 0 Å². The predicted molar refractivity (Wildman–Crippen MR) is 95.1 cm³/mol. The third-order valence-electron chi connectivity index (χ3n) is 4.51. The number of nitrogens with zero attached hydrogens (tertiary/aromatic N) is 2. The molecule has 1 saturated heterocycles. The van der Waals surface area contributed by atoms with Gasteiger partial charge in [0.2, 0.25) is 0 Å². The van der Waals surface area contributed by atoms with Gasteiger partial charge in [0.15, 0.2) is 0 Å². The van der Waals surface area contributed by atoms with Crippen molar-refractivity contribution in [1.29, 1.82) is 0 Å². The van der Waals surface area contributed by atoms with Crippen molar-refractivity contribution in [3.8, 4) is 5.75 Å². The molecule has 0 spiro atoms. The van der Waals surface area contributed by atoms with Crippen LogP contribution >= 0.6 is 0 Å². The molecule has 0 aliphatic carbocycles. The SMILES string of the molecule is Cc1ccc(C(C)NCc2ccncc2O[C@H]2CCNC2)c(C)n1. The number of aromatic nitrogens is 2. The first-order valence-corrected chi connectivity index (χ1v) is 8.61. The quantitative estimate of drug-likeness (QED) is 0.855. The fraction of sp³-hybridized carbons (Fsp3) is 0.474. The van der Waals surface area contributed by atoms with E-state index in [1.54, 1.807) is 0 Å². The Morgan fingerprint density at radius 1 is 1.33 bits per heavy atom. The van der Waals surface area contributed by atoms with Gasteiger partial charge in [-0.3, -0.25) is 9.97 Å². The Morgan fingerprint density at radius 2 is 2.21 bits per heavy atom. The van der Waals surface area contributed by atoms with Crippen LogP contribution in [0.5, 0.6) is 5.75 Å². The number of aryl methyl sites for hydroxylation is 2. The number of ether oxygens (including phenoxy) is 1. The molecule has 0 radical (unpaired) electrons. The fourth-order valence-electron chi connectivity index (χ4n) is 3.10. The smallest absolute Gasteiger partial charge is 0.142 e. The molecular weight excluding hydrogens is 300 g/mol. The fourth-order valence-corrected chi connectivity index (χ4v) is 3.10. The van der Waals surface area contributed by atoms with E-state index in [2.05, 4.69) is 46.6 Å². The Hall–Kier alpha value is -1.98. The van der Waals surface area contributed by atoms with E-state index in [-0.39, 0.29) is 12.1 Å². The highest BCUT2D eigenvalue weighted by Gasteiger charge is 2.18. The van der Waals surface area contributed by atoms with Crippen LogP contribution in [0.4, 0.5) is 0 Å². The molecule has 2 N–H and O–H groups in total. The second-order valence-corrected chi connectivity index (χ2v) is 6.45. The van der Waals surface area contributed by atoms with Crippen LogP contribution in [0.2, 0.25) is 0 Å². The average molecular weight is 326 g/mol. The molecule has 2 atom stereocenters. The molecule has 1 fully saturated rings. The van der Waals surface area contributed by atoms with Crippen LogP contribution in [-0.2, 0) is 6.54 Å². The van der Waals surface area contributed by atoms with Crippen molar-refractivity contribution in [2.45, 2.75) is 45.9 Å². The molecular formula is C19H26N4O. The second-order valence-electron chi connectivity index (χ2n) is 6.45. The summed E-state index contributed by atoms with van der Waals surface area (Å²) in [4.78, 5) is 8.77. The van der Waals surface area contributed by atoms with Crippen molar-refractivity contribution in [1.82, 2.24) is 20.6 Å². The van der Waals surface area contributed by atoms with Gasteiger partial charge in [-0.2, -0.15) is 0 Å². The monoisotopic (exact) mass is 326 g/mol. The van der Waals surface area contributed by atoms with E-state index >= 15 is 0 Å². The van der Waals surface area contributed by atoms with Gasteiger partial charge in [0, 0.05) is 42.3 Å². The zero-order chi connectivity index (χ0) is 16.9. The number of hydrogen-bond acceptors (Lipinski definition) is 5. The maximum Gasteiger partial charge on any atom is 0.142 e. The maximum atomic E-state index is 6.11. The van der Waals surface area contributed by atoms with Gasteiger partial charge in [0.25, 0.3) is 0 Å². The van der Waals surface area contributed by atoms with Gasteiger partial charge in [0.1, 0.15) is 11.9 Å². The number of pyridine rings is 2. The van der Waals surface area contributed by atoms with Crippen LogP contribution < -0.4 is 15.4 Å². The molecule has 5 nitrogen and oxygen atoms in total. The normalized spacial score (nSPS) is 18.5. The maximum absolute atomic E-state index is 6.11. The van der Waals surface area contributed by atoms with Crippen molar-refractivity contribution >= 4 is 0 Å². The van der Waals surface area contributed by atoms with Crippen LogP contribution in [0.15, 0.2) is 30.6 Å². The van der Waals surface area contributed by atoms with E-state index in [4.69, 9.17) is 4.74 Å². The summed E-state index contributed by atoms with van der Waals surface area (Å²) in [6, 6.07) is 6.47. The van der Waals surface area contributed by atoms with E-state index < -0.39 is 0 Å². The summed E-state index contributed by atoms with van der Waals surface area (Å²) in [5.41, 5.74) is 4.51. The van der Waals surface area contributed by atoms with E-state index in [1.165, 1.54) is 5.56 Å². The van der Waals surface area contributed by atoms with Crippen LogP contribution in [0.3, 0.4) is 0 Å². The lowest BCUT2D eigenvalue weighted by Crippen LogP contribution is -2.22. The van der Waals surface area contributed by atoms with Crippen LogP contribution in [0, 0.1) is 13.8 Å². The van der Waals surface area contributed by atoms with Crippen LogP contribution in [-0.4, -0.2) is 29.2 Å². The lowest BCUT2D eigenvalue weighted by molar-refractivity contribution is 0.219. The molecule has 5 heteroatoms. The Labute approximate surface area is 143 Å². The van der Waals surface area contributed by atoms with E-state index in [9.17, 15) is 0 Å². The summed E-state index contributed by atoms with van der Waals surface area (Å²) in [6.07, 6.45) is 4.93. The van der Waals surface area contributed by atoms with E-state index in [1.807, 2.05) is 25.4 Å². The van der Waals surface area contributed by atoms with Crippen LogP contribution in [0.25, 0.3) is 0 Å². The van der Waals surface area contributed by atoms with Crippen LogP contribution in [0.1, 0.15) is 41.9 Å². The molecule has 0 saturated carbocycles. The van der Waals surface area contributed by atoms with Gasteiger partial charge in [0.05, 0.1) is 6.20 Å². The summed E-state index contributed by atoms with van der Waals surface area (Å²) in [6.45, 7) is 8.93. The van der Waals surface area contributed by atoms with Gasteiger partial charge in [-0.1, -0.05) is 6.07 Å². The third kappa shape index (κ3) is 4.10. The lowest BCUT2D eigenvalue weighted by Gasteiger charge is -2.19. The minimum atomic E-state index is 0.229. The molecule has 128 valence electrons. The zero-order valence-corrected chi connectivity index (χ0v) is 14.7. The van der Waals surface area contributed by atoms with Gasteiger partial charge in [-0.25, -0.2) is 0 Å². The molecule has 0 amide bonds. The van der Waals surface area contributed by atoms with Crippen molar-refractivity contribution < 1.29 is 4.74 Å². The van der Waals surface area contributed by atoms with Gasteiger partial charge < -0.3 is 15.4 Å². The summed E-state index contributed by atoms with van der Waals surface area (Å²) >= 11 is 0. The molecule has 0 aromatic carbocycles. The first kappa shape index (κ1) is 16.9. The molecule has 2 aromatic heterocycles. The summed E-state index contributed by atoms with van der Waals surface area (Å²) in [5, 5.41) is 6.90. The van der Waals surface area contributed by atoms with Gasteiger partial charge in [-0.05, 0) is 51.4 Å². The first-order valence-electron chi connectivity index (χ1n) is 8.61. The highest BCUT2D eigenvalue weighted by atomic mass is 16.5. The summed E-state index contributed by atoms with van der Waals surface area (Å²) < 4.78 is 6.11. The minimum absolute atomic E-state index is 0.229. The molecule has 0 bridgehead atoms. The topological polar surface area (TPSA) is 59.1 Å². The van der Waals surface area contributed by atoms with Crippen molar-refractivity contribution in [2.75, 3.05) is 13.1 Å². The molecule has 1 aliphatic rings. The number of rotatable bonds is 6. The Balaban J connectivity index is 1.65. The highest BCUT2D eigenvalue weighted by Crippen LogP contribution is 2.22. The Morgan fingerprint density at radius 3 is 2.96 bits per heavy atom.